The topological polar surface area (TPSA) is 66.4 Å². The number of amides is 1. The Kier molecular flexibility index (Phi) is 8.34. The van der Waals surface area contributed by atoms with Gasteiger partial charge in [-0.3, -0.25) is 9.59 Å². The third-order valence-electron chi connectivity index (χ3n) is 5.69. The molecular weight excluding hydrogens is 431 g/mol. The highest BCUT2D eigenvalue weighted by atomic mass is 35.5. The molecule has 0 saturated heterocycles. The van der Waals surface area contributed by atoms with E-state index >= 15 is 0 Å². The van der Waals surface area contributed by atoms with Gasteiger partial charge in [-0.2, -0.15) is 13.2 Å². The highest BCUT2D eigenvalue weighted by Gasteiger charge is 2.46. The van der Waals surface area contributed by atoms with Crippen molar-refractivity contribution in [3.63, 3.8) is 0 Å². The molecule has 4 nitrogen and oxygen atoms in total. The first-order valence-corrected chi connectivity index (χ1v) is 10.6. The molecule has 0 aliphatic heterocycles. The first kappa shape index (κ1) is 25.0. The zero-order chi connectivity index (χ0) is 23.3. The molecule has 4 atom stereocenters. The van der Waals surface area contributed by atoms with Crippen molar-refractivity contribution in [1.82, 2.24) is 0 Å². The van der Waals surface area contributed by atoms with Crippen molar-refractivity contribution in [2.75, 3.05) is 5.32 Å². The molecule has 1 unspecified atom stereocenters. The predicted molar refractivity (Wildman–Crippen MR) is 115 cm³/mol. The van der Waals surface area contributed by atoms with Crippen LogP contribution in [-0.2, 0) is 16.0 Å². The molecule has 0 saturated carbocycles. The summed E-state index contributed by atoms with van der Waals surface area (Å²) >= 11 is 6.16. The Morgan fingerprint density at radius 1 is 1.29 bits per heavy atom. The number of carboxylic acids is 1. The quantitative estimate of drug-likeness (QED) is 0.483. The molecule has 1 aliphatic rings. The molecule has 1 aromatic carbocycles. The fourth-order valence-corrected chi connectivity index (χ4v) is 3.82. The van der Waals surface area contributed by atoms with Gasteiger partial charge in [0.1, 0.15) is 0 Å². The zero-order valence-corrected chi connectivity index (χ0v) is 18.4. The molecule has 0 aromatic heterocycles. The number of halogens is 4. The minimum absolute atomic E-state index is 0.172. The molecule has 2 rings (SSSR count). The van der Waals surface area contributed by atoms with Crippen LogP contribution in [0, 0.1) is 23.7 Å². The molecule has 0 fully saturated rings. The Balaban J connectivity index is 2.28. The van der Waals surface area contributed by atoms with Gasteiger partial charge in [-0.1, -0.05) is 62.2 Å². The summed E-state index contributed by atoms with van der Waals surface area (Å²) in [5.74, 6) is -6.17. The lowest BCUT2D eigenvalue weighted by Gasteiger charge is -2.31. The van der Waals surface area contributed by atoms with Crippen LogP contribution in [-0.4, -0.2) is 23.2 Å². The van der Waals surface area contributed by atoms with Crippen molar-refractivity contribution >= 4 is 29.2 Å². The van der Waals surface area contributed by atoms with E-state index in [1.807, 2.05) is 13.0 Å². The van der Waals surface area contributed by atoms with Gasteiger partial charge in [0.2, 0.25) is 5.91 Å². The van der Waals surface area contributed by atoms with Crippen molar-refractivity contribution < 1.29 is 27.9 Å². The Hall–Kier alpha value is -2.28. The van der Waals surface area contributed by atoms with E-state index in [-0.39, 0.29) is 17.1 Å². The predicted octanol–water partition coefficient (Wildman–Crippen LogP) is 6.27. The molecule has 8 heteroatoms. The molecule has 170 valence electrons. The number of alkyl halides is 3. The van der Waals surface area contributed by atoms with E-state index in [0.29, 0.717) is 12.0 Å². The summed E-state index contributed by atoms with van der Waals surface area (Å²) in [6, 6.07) is 4.65. The van der Waals surface area contributed by atoms with Gasteiger partial charge in [-0.25, -0.2) is 0 Å². The second kappa shape index (κ2) is 10.4. The van der Waals surface area contributed by atoms with Gasteiger partial charge in [0.05, 0.1) is 28.5 Å². The van der Waals surface area contributed by atoms with E-state index in [9.17, 15) is 22.8 Å². The van der Waals surface area contributed by atoms with Crippen LogP contribution >= 0.6 is 11.6 Å². The monoisotopic (exact) mass is 457 g/mol. The highest BCUT2D eigenvalue weighted by molar-refractivity contribution is 6.33. The van der Waals surface area contributed by atoms with Crippen LogP contribution in [0.1, 0.15) is 39.2 Å². The second-order valence-corrected chi connectivity index (χ2v) is 8.40. The number of hydrogen-bond donors (Lipinski definition) is 2. The van der Waals surface area contributed by atoms with Crippen LogP contribution in [0.5, 0.6) is 0 Å². The standard InChI is InChI=1S/C23H27ClF3NO3/c1-4-15-5-8-17(9-6-15)20(14(3)23(25,26)27)21(29)28-19-12-16(7-10-18(19)24)11-13(2)22(30)31/h5-8,10,12-14,17,20H,4,9,11H2,1-3H3,(H,28,29)(H,30,31)/t13-,14-,17?,20+/m1/s1. The van der Waals surface area contributed by atoms with E-state index in [2.05, 4.69) is 5.32 Å². The van der Waals surface area contributed by atoms with Gasteiger partial charge < -0.3 is 10.4 Å². The first-order chi connectivity index (χ1) is 14.4. The molecule has 31 heavy (non-hydrogen) atoms. The Labute approximate surface area is 185 Å². The number of benzene rings is 1. The van der Waals surface area contributed by atoms with Gasteiger partial charge in [-0.15, -0.1) is 0 Å². The van der Waals surface area contributed by atoms with Crippen LogP contribution in [0.2, 0.25) is 5.02 Å². The Bertz CT molecular complexity index is 879. The van der Waals surface area contributed by atoms with Crippen LogP contribution in [0.25, 0.3) is 0 Å². The van der Waals surface area contributed by atoms with Gasteiger partial charge in [0.25, 0.3) is 0 Å². The summed E-state index contributed by atoms with van der Waals surface area (Å²) in [6.07, 6.45) is 2.11. The van der Waals surface area contributed by atoms with Crippen LogP contribution in [0.15, 0.2) is 42.0 Å². The third-order valence-corrected chi connectivity index (χ3v) is 6.02. The van der Waals surface area contributed by atoms with E-state index in [1.165, 1.54) is 12.1 Å². The smallest absolute Gasteiger partial charge is 0.392 e. The van der Waals surface area contributed by atoms with Crippen molar-refractivity contribution in [1.29, 1.82) is 0 Å². The molecule has 0 spiro atoms. The number of allylic oxidation sites excluding steroid dienone is 4. The lowest BCUT2D eigenvalue weighted by molar-refractivity contribution is -0.188. The van der Waals surface area contributed by atoms with Crippen LogP contribution in [0.3, 0.4) is 0 Å². The van der Waals surface area contributed by atoms with Crippen LogP contribution < -0.4 is 5.32 Å². The van der Waals surface area contributed by atoms with Crippen molar-refractivity contribution in [3.8, 4) is 0 Å². The van der Waals surface area contributed by atoms with Crippen molar-refractivity contribution in [2.24, 2.45) is 23.7 Å². The Morgan fingerprint density at radius 3 is 2.48 bits per heavy atom. The lowest BCUT2D eigenvalue weighted by Crippen LogP contribution is -2.40. The maximum absolute atomic E-state index is 13.6. The van der Waals surface area contributed by atoms with E-state index in [1.54, 1.807) is 25.1 Å². The number of carboxylic acid groups (broad SMARTS) is 1. The highest BCUT2D eigenvalue weighted by Crippen LogP contribution is 2.39. The van der Waals surface area contributed by atoms with Crippen molar-refractivity contribution in [2.45, 2.75) is 46.2 Å². The van der Waals surface area contributed by atoms with E-state index in [0.717, 1.165) is 18.9 Å². The number of carbonyl (C=O) groups is 2. The van der Waals surface area contributed by atoms with Gasteiger partial charge in [-0.05, 0) is 42.9 Å². The number of hydrogen-bond acceptors (Lipinski definition) is 2. The number of nitrogens with one attached hydrogen (secondary N) is 1. The van der Waals surface area contributed by atoms with Gasteiger partial charge in [0.15, 0.2) is 0 Å². The first-order valence-electron chi connectivity index (χ1n) is 10.2. The zero-order valence-electron chi connectivity index (χ0n) is 17.7. The van der Waals surface area contributed by atoms with E-state index < -0.39 is 41.7 Å². The largest absolute Gasteiger partial charge is 0.481 e. The molecule has 1 amide bonds. The minimum Gasteiger partial charge on any atom is -0.481 e. The Morgan fingerprint density at radius 2 is 1.97 bits per heavy atom. The van der Waals surface area contributed by atoms with Gasteiger partial charge in [0, 0.05) is 0 Å². The number of aliphatic carboxylic acids is 1. The fourth-order valence-electron chi connectivity index (χ4n) is 3.66. The number of rotatable bonds is 8. The summed E-state index contributed by atoms with van der Waals surface area (Å²) in [6.45, 7) is 4.52. The summed E-state index contributed by atoms with van der Waals surface area (Å²) in [5.41, 5.74) is 1.81. The molecule has 0 heterocycles. The number of anilines is 1. The average molecular weight is 458 g/mol. The molecular formula is C23H27ClF3NO3. The molecule has 1 aliphatic carbocycles. The van der Waals surface area contributed by atoms with Gasteiger partial charge >= 0.3 is 12.1 Å². The maximum atomic E-state index is 13.6. The lowest BCUT2D eigenvalue weighted by atomic mass is 9.77. The maximum Gasteiger partial charge on any atom is 0.392 e. The summed E-state index contributed by atoms with van der Waals surface area (Å²) in [7, 11) is 0. The molecule has 0 bridgehead atoms. The SMILES string of the molecule is CCC1=CCC([C@@H](C(=O)Nc2cc(C[C@@H](C)C(=O)O)ccc2Cl)[C@@H](C)C(F)(F)F)C=C1. The molecule has 1 aromatic rings. The molecule has 0 radical (unpaired) electrons. The van der Waals surface area contributed by atoms with Crippen LogP contribution in [0.4, 0.5) is 18.9 Å². The third kappa shape index (κ3) is 6.60. The average Bonchev–Trinajstić information content (AvgIpc) is 2.70. The van der Waals surface area contributed by atoms with Crippen molar-refractivity contribution in [3.05, 3.63) is 52.6 Å². The minimum atomic E-state index is -4.53. The summed E-state index contributed by atoms with van der Waals surface area (Å²) in [4.78, 5) is 24.1. The number of carbonyl (C=O) groups excluding carboxylic acids is 1. The molecule has 2 N–H and O–H groups in total. The summed E-state index contributed by atoms with van der Waals surface area (Å²) in [5, 5.41) is 11.8. The fraction of sp³-hybridized carbons (Fsp3) is 0.478. The second-order valence-electron chi connectivity index (χ2n) is 7.99. The normalized spacial score (nSPS) is 19.3. The summed E-state index contributed by atoms with van der Waals surface area (Å²) < 4.78 is 40.7. The van der Waals surface area contributed by atoms with E-state index in [4.69, 9.17) is 16.7 Å².